The Morgan fingerprint density at radius 1 is 0.392 bits per heavy atom. The summed E-state index contributed by atoms with van der Waals surface area (Å²) in [5.41, 5.74) is 17.2. The Morgan fingerprint density at radius 2 is 0.677 bits per heavy atom. The number of aliphatic carboxylic acids is 1. The number of carboxylic acid groups (broad SMARTS) is 1. The van der Waals surface area contributed by atoms with Crippen LogP contribution >= 0.6 is 38.9 Å². The highest BCUT2D eigenvalue weighted by Crippen LogP contribution is 2.61. The number of esters is 2. The Bertz CT molecular complexity index is 6210. The minimum atomic E-state index is -3.22. The molecule has 23 heteroatoms. The molecule has 19 nitrogen and oxygen atoms in total. The number of benzene rings is 14. The lowest BCUT2D eigenvalue weighted by atomic mass is 9.77. The summed E-state index contributed by atoms with van der Waals surface area (Å²) >= 11 is 13.8. The van der Waals surface area contributed by atoms with Crippen molar-refractivity contribution in [2.45, 2.75) is 84.8 Å². The molecule has 0 radical (unpaired) electrons. The first-order valence-corrected chi connectivity index (χ1v) is 47.0. The number of carbonyl (C=O) groups is 4. The van der Waals surface area contributed by atoms with Crippen LogP contribution in [0.5, 0.6) is 0 Å². The molecule has 0 spiro atoms. The number of carboxylic acids is 1. The lowest BCUT2D eigenvalue weighted by molar-refractivity contribution is -0.163. The molecule has 0 aliphatic rings. The van der Waals surface area contributed by atoms with E-state index in [0.29, 0.717) is 46.8 Å². The average Bonchev–Trinajstić information content (AvgIpc) is 1.48. The maximum atomic E-state index is 14.3. The smallest absolute Gasteiger partial charge is 0.349 e. The zero-order chi connectivity index (χ0) is 91.6. The summed E-state index contributed by atoms with van der Waals surface area (Å²) in [6, 6.07) is 130. The molecule has 0 saturated heterocycles. The van der Waals surface area contributed by atoms with Crippen LogP contribution in [0.15, 0.2) is 388 Å². The van der Waals surface area contributed by atoms with E-state index < -0.39 is 52.3 Å². The maximum absolute atomic E-state index is 14.3. The number of rotatable bonds is 29. The Labute approximate surface area is 772 Å². The highest BCUT2D eigenvalue weighted by atomic mass is 36.0. The van der Waals surface area contributed by atoms with Crippen molar-refractivity contribution in [2.75, 3.05) is 28.2 Å². The van der Waals surface area contributed by atoms with Gasteiger partial charge in [0.2, 0.25) is 23.9 Å². The number of tetrazole rings is 2. The van der Waals surface area contributed by atoms with Gasteiger partial charge in [0, 0.05) is 68.0 Å². The van der Waals surface area contributed by atoms with Gasteiger partial charge in [0.1, 0.15) is 0 Å². The molecule has 2 atom stereocenters. The number of aromatic nitrogens is 8. The quantitative estimate of drug-likeness (QED) is 0.0252. The summed E-state index contributed by atoms with van der Waals surface area (Å²) in [6.07, 6.45) is -2.38. The van der Waals surface area contributed by atoms with Crippen LogP contribution in [0.2, 0.25) is 0 Å². The predicted molar refractivity (Wildman–Crippen MR) is 519 cm³/mol. The normalized spacial score (nSPS) is 11.7. The van der Waals surface area contributed by atoms with Gasteiger partial charge in [0.25, 0.3) is 5.91 Å². The van der Waals surface area contributed by atoms with Crippen LogP contribution in [-0.4, -0.2) is 82.4 Å². The monoisotopic (exact) mass is 1800 g/mol. The van der Waals surface area contributed by atoms with E-state index in [0.717, 1.165) is 97.6 Å². The third-order valence-electron chi connectivity index (χ3n) is 21.5. The van der Waals surface area contributed by atoms with Gasteiger partial charge in [-0.1, -0.05) is 392 Å². The van der Waals surface area contributed by atoms with Crippen molar-refractivity contribution in [3.63, 3.8) is 0 Å². The first-order chi connectivity index (χ1) is 62.9. The first-order valence-electron chi connectivity index (χ1n) is 42.6. The number of ether oxygens (including phenoxy) is 2. The summed E-state index contributed by atoms with van der Waals surface area (Å²) in [4.78, 5) is 56.4. The molecular formula is C107H99Cl3N11O8P. The van der Waals surface area contributed by atoms with Crippen LogP contribution in [0.1, 0.15) is 115 Å². The summed E-state index contributed by atoms with van der Waals surface area (Å²) in [7, 11) is 0. The van der Waals surface area contributed by atoms with Gasteiger partial charge < -0.3 is 29.7 Å². The van der Waals surface area contributed by atoms with Gasteiger partial charge in [-0.05, 0) is 159 Å². The molecule has 130 heavy (non-hydrogen) atoms. The number of nitrogens with one attached hydrogen (secondary N) is 1. The molecule has 2 aromatic heterocycles. The molecule has 0 fully saturated rings. The average molecular weight is 1800 g/mol. The van der Waals surface area contributed by atoms with Gasteiger partial charge in [-0.25, -0.2) is 4.79 Å². The fraction of sp³-hybridized carbons (Fsp3) is 0.159. The van der Waals surface area contributed by atoms with Gasteiger partial charge >= 0.3 is 23.1 Å². The van der Waals surface area contributed by atoms with Gasteiger partial charge in [0.05, 0.1) is 11.4 Å². The minimum absolute atomic E-state index is 0.309. The molecule has 0 saturated carbocycles. The summed E-state index contributed by atoms with van der Waals surface area (Å²) in [5.74, 6) is -0.949. The molecular weight excluding hydrogens is 1700 g/mol. The lowest BCUT2D eigenvalue weighted by Crippen LogP contribution is -2.39. The van der Waals surface area contributed by atoms with Crippen LogP contribution in [-0.2, 0) is 57.4 Å². The number of anilines is 3. The van der Waals surface area contributed by atoms with Crippen molar-refractivity contribution in [1.82, 2.24) is 40.4 Å². The largest absolute Gasteiger partial charge is 0.478 e. The van der Waals surface area contributed by atoms with Gasteiger partial charge in [-0.15, -0.1) is 30.0 Å². The lowest BCUT2D eigenvalue weighted by Gasteiger charge is -2.34. The zero-order valence-electron chi connectivity index (χ0n) is 72.9. The number of amides is 1. The number of aryl methyl sites for hydroxylation is 1. The van der Waals surface area contributed by atoms with Crippen molar-refractivity contribution in [1.29, 1.82) is 0 Å². The molecule has 0 unspecified atom stereocenters. The van der Waals surface area contributed by atoms with Crippen molar-refractivity contribution in [2.24, 2.45) is 11.8 Å². The summed E-state index contributed by atoms with van der Waals surface area (Å²) in [6.45, 7) is 16.8. The molecule has 14 aromatic carbocycles. The van der Waals surface area contributed by atoms with Crippen molar-refractivity contribution >= 4 is 79.8 Å². The highest BCUT2D eigenvalue weighted by Gasteiger charge is 2.43. The standard InChI is InChI=1S/C53H48N6O3.C44H41N5.C10H10O4.Cl3OP/c1-38(2)36-58(37-40-21-9-4-10-22-40)49-34-33-42(35-48(49)54-52(61)50(62-39(3)60)41-23-11-5-12-24-41)46-31-19-20-32-47(46)51-55-57-59(56-51)53(43-25-13-6-14-26-43,44-27-15-7-16-28-44)45-29-17-8-18-30-45;1-33(2)31-48(32-35-18-8-4-9-19-35)42-29-28-36(30-34(42)3)40-26-16-17-27-41(40)43-45-47-49(46-43)44(37-20-10-5-11-21-37,38-22-12-6-13-23-38)39-24-14-7-15-25-39;1-7(11)14-9(10(12)13)8-5-3-2-4-6-8;1-5(2,3)4/h4-35,38,50H,36-37H2,1-3H3,(H,54,61);4-30,33H,31-32H2,1-3H3;2-6,9H,1H3,(H,12,13);/t50-;;9-;/m1.1./s1. The zero-order valence-corrected chi connectivity index (χ0v) is 76.1. The van der Waals surface area contributed by atoms with Crippen molar-refractivity contribution in [3.05, 3.63) is 449 Å². The number of hydrogen-bond donors (Lipinski definition) is 2. The Morgan fingerprint density at radius 3 is 1.00 bits per heavy atom. The van der Waals surface area contributed by atoms with E-state index in [4.69, 9.17) is 40.7 Å². The Kier molecular flexibility index (Phi) is 32.0. The van der Waals surface area contributed by atoms with E-state index in [1.807, 2.05) is 152 Å². The number of hydrogen-bond acceptors (Lipinski definition) is 15. The first kappa shape index (κ1) is 93.4. The van der Waals surface area contributed by atoms with E-state index in [2.05, 4.69) is 282 Å². The second-order valence-electron chi connectivity index (χ2n) is 31.8. The highest BCUT2D eigenvalue weighted by molar-refractivity contribution is 8.24. The summed E-state index contributed by atoms with van der Waals surface area (Å²) in [5, 5.41) is 38.3. The van der Waals surface area contributed by atoms with Crippen molar-refractivity contribution < 1.29 is 38.3 Å². The molecule has 16 rings (SSSR count). The second-order valence-corrected chi connectivity index (χ2v) is 38.4. The number of carbonyl (C=O) groups excluding carboxylic acids is 3. The third kappa shape index (κ3) is 23.6. The SMILES string of the molecule is CC(=O)O[C@@H](C(=O)Nc1cc(-c2ccccc2-c2nnn(C(c3ccccc3)(c3ccccc3)c3ccccc3)n2)ccc1N(Cc1ccccc1)CC(C)C)c1ccccc1.CC(=O)O[C@@H](C(=O)O)c1ccccc1.Cc1cc(-c2ccccc2-c2nnn(C(c3ccccc3)(c3ccccc3)c3ccccc3)n2)ccc1N(Cc1ccccc1)CC(C)C.O=P(Cl)(Cl)Cl. The van der Waals surface area contributed by atoms with Crippen LogP contribution < -0.4 is 15.1 Å². The Hall–Kier alpha value is -14.2. The van der Waals surface area contributed by atoms with Crippen molar-refractivity contribution in [3.8, 4) is 45.0 Å². The fourth-order valence-corrected chi connectivity index (χ4v) is 16.1. The molecule has 656 valence electrons. The molecule has 0 aliphatic carbocycles. The Balaban J connectivity index is 0.000000187. The minimum Gasteiger partial charge on any atom is -0.478 e. The number of nitrogens with zero attached hydrogens (tertiary/aromatic N) is 10. The number of halogens is 3. The van der Waals surface area contributed by atoms with E-state index in [1.54, 1.807) is 52.1 Å². The summed E-state index contributed by atoms with van der Waals surface area (Å²) < 4.78 is 19.8. The fourth-order valence-electron chi connectivity index (χ4n) is 16.1. The van der Waals surface area contributed by atoms with Crippen LogP contribution in [0.4, 0.5) is 17.1 Å². The van der Waals surface area contributed by atoms with E-state index in [9.17, 15) is 23.7 Å². The van der Waals surface area contributed by atoms with Crippen LogP contribution in [0.25, 0.3) is 45.0 Å². The van der Waals surface area contributed by atoms with Crippen LogP contribution in [0, 0.1) is 18.8 Å². The van der Waals surface area contributed by atoms with Crippen LogP contribution in [0.3, 0.4) is 0 Å². The molecule has 0 bridgehead atoms. The molecule has 0 aliphatic heterocycles. The second kappa shape index (κ2) is 44.5. The molecule has 2 heterocycles. The predicted octanol–water partition coefficient (Wildman–Crippen LogP) is 24.8. The van der Waals surface area contributed by atoms with E-state index in [1.165, 1.54) is 30.7 Å². The van der Waals surface area contributed by atoms with Gasteiger partial charge in [-0.3, -0.25) is 18.9 Å². The van der Waals surface area contributed by atoms with Gasteiger partial charge in [0.15, 0.2) is 11.1 Å². The molecule has 2 N–H and O–H groups in total. The molecule has 1 amide bonds. The maximum Gasteiger partial charge on any atom is 0.349 e. The van der Waals surface area contributed by atoms with Gasteiger partial charge in [-0.2, -0.15) is 0 Å². The third-order valence-corrected chi connectivity index (χ3v) is 21.5. The van der Waals surface area contributed by atoms with E-state index in [-0.39, 0.29) is 0 Å². The topological polar surface area (TPSA) is 230 Å². The molecule has 16 aromatic rings. The van der Waals surface area contributed by atoms with E-state index >= 15 is 0 Å².